The summed E-state index contributed by atoms with van der Waals surface area (Å²) < 4.78 is 56.4. The molecule has 1 aliphatic heterocycles. The van der Waals surface area contributed by atoms with Crippen molar-refractivity contribution in [2.75, 3.05) is 22.7 Å². The van der Waals surface area contributed by atoms with Gasteiger partial charge >= 0.3 is 0 Å². The molecule has 4 aromatic rings. The number of sulfonamides is 2. The van der Waals surface area contributed by atoms with Gasteiger partial charge in [0.15, 0.2) is 0 Å². The molecule has 0 spiro atoms. The molecule has 0 radical (unpaired) electrons. The fourth-order valence-electron chi connectivity index (χ4n) is 4.76. The third-order valence-corrected chi connectivity index (χ3v) is 11.0. The molecule has 1 aliphatic rings. The van der Waals surface area contributed by atoms with Gasteiger partial charge in [-0.1, -0.05) is 53.6 Å². The topological polar surface area (TPSA) is 104 Å². The van der Waals surface area contributed by atoms with Crippen molar-refractivity contribution < 1.29 is 21.6 Å². The van der Waals surface area contributed by atoms with Gasteiger partial charge in [0, 0.05) is 23.8 Å². The molecule has 0 atom stereocenters. The summed E-state index contributed by atoms with van der Waals surface area (Å²) in [5, 5.41) is 3.30. The maximum absolute atomic E-state index is 14.0. The molecule has 8 nitrogen and oxygen atoms in total. The maximum atomic E-state index is 14.0. The molecule has 1 heterocycles. The van der Waals surface area contributed by atoms with Crippen molar-refractivity contribution in [2.24, 2.45) is 0 Å². The van der Waals surface area contributed by atoms with E-state index < -0.39 is 26.0 Å². The minimum atomic E-state index is -4.09. The Morgan fingerprint density at radius 2 is 1.40 bits per heavy atom. The number of anilines is 2. The van der Waals surface area contributed by atoms with Gasteiger partial charge in [-0.05, 0) is 86.0 Å². The zero-order chi connectivity index (χ0) is 29.9. The van der Waals surface area contributed by atoms with Gasteiger partial charge in [-0.25, -0.2) is 16.8 Å². The fourth-order valence-corrected chi connectivity index (χ4v) is 7.88. The van der Waals surface area contributed by atoms with Crippen LogP contribution in [0, 0.1) is 6.92 Å². The van der Waals surface area contributed by atoms with Crippen molar-refractivity contribution in [2.45, 2.75) is 36.1 Å². The number of aryl methyl sites for hydroxylation is 1. The van der Waals surface area contributed by atoms with Gasteiger partial charge in [0.2, 0.25) is 10.0 Å². The van der Waals surface area contributed by atoms with Crippen LogP contribution >= 0.6 is 11.6 Å². The molecule has 5 rings (SSSR count). The summed E-state index contributed by atoms with van der Waals surface area (Å²) in [6, 6.07) is 25.8. The first kappa shape index (κ1) is 29.8. The number of hydrogen-bond acceptors (Lipinski definition) is 5. The zero-order valence-electron chi connectivity index (χ0n) is 22.9. The highest BCUT2D eigenvalue weighted by atomic mass is 35.5. The van der Waals surface area contributed by atoms with Gasteiger partial charge in [0.05, 0.1) is 27.6 Å². The second-order valence-electron chi connectivity index (χ2n) is 10.1. The minimum Gasteiger partial charge on any atom is -0.322 e. The van der Waals surface area contributed by atoms with E-state index in [0.29, 0.717) is 29.4 Å². The van der Waals surface area contributed by atoms with Gasteiger partial charge < -0.3 is 5.32 Å². The third kappa shape index (κ3) is 6.37. The highest BCUT2D eigenvalue weighted by Crippen LogP contribution is 2.31. The lowest BCUT2D eigenvalue weighted by atomic mass is 10.1. The predicted molar refractivity (Wildman–Crippen MR) is 165 cm³/mol. The summed E-state index contributed by atoms with van der Waals surface area (Å²) in [4.78, 5) is 13.8. The molecule has 1 amide bonds. The van der Waals surface area contributed by atoms with Crippen LogP contribution < -0.4 is 9.62 Å². The van der Waals surface area contributed by atoms with E-state index >= 15 is 0 Å². The van der Waals surface area contributed by atoms with Crippen LogP contribution in [0.5, 0.6) is 0 Å². The summed E-state index contributed by atoms with van der Waals surface area (Å²) in [5.74, 6) is -0.541. The van der Waals surface area contributed by atoms with Crippen LogP contribution in [0.15, 0.2) is 107 Å². The Hall–Kier alpha value is -3.70. The first-order valence-corrected chi connectivity index (χ1v) is 16.7. The van der Waals surface area contributed by atoms with Crippen LogP contribution in [0.2, 0.25) is 5.02 Å². The van der Waals surface area contributed by atoms with Crippen LogP contribution in [0.4, 0.5) is 11.4 Å². The molecule has 4 aromatic carbocycles. The van der Waals surface area contributed by atoms with Gasteiger partial charge in [-0.2, -0.15) is 4.31 Å². The highest BCUT2D eigenvalue weighted by Gasteiger charge is 2.29. The Kier molecular flexibility index (Phi) is 8.70. The Labute approximate surface area is 251 Å². The van der Waals surface area contributed by atoms with Gasteiger partial charge in [-0.3, -0.25) is 9.10 Å². The van der Waals surface area contributed by atoms with E-state index in [9.17, 15) is 21.6 Å². The molecule has 0 bridgehead atoms. The molecular formula is C31H30ClN3O5S2. The molecule has 1 saturated heterocycles. The predicted octanol–water partition coefficient (Wildman–Crippen LogP) is 6.08. The summed E-state index contributed by atoms with van der Waals surface area (Å²) in [6.07, 6.45) is 1.67. The molecule has 1 fully saturated rings. The number of hydrogen-bond donors (Lipinski definition) is 1. The largest absolute Gasteiger partial charge is 0.322 e. The van der Waals surface area contributed by atoms with Crippen molar-refractivity contribution in [3.63, 3.8) is 0 Å². The molecule has 42 heavy (non-hydrogen) atoms. The highest BCUT2D eigenvalue weighted by molar-refractivity contribution is 7.92. The van der Waals surface area contributed by atoms with E-state index in [-0.39, 0.29) is 27.6 Å². The molecule has 1 N–H and O–H groups in total. The number of carbonyl (C=O) groups excluding carboxylic acids is 1. The minimum absolute atomic E-state index is 0.0409. The zero-order valence-corrected chi connectivity index (χ0v) is 25.3. The molecule has 0 aromatic heterocycles. The van der Waals surface area contributed by atoms with Crippen molar-refractivity contribution in [1.82, 2.24) is 4.31 Å². The first-order chi connectivity index (χ1) is 20.1. The van der Waals surface area contributed by atoms with Crippen molar-refractivity contribution in [3.05, 3.63) is 119 Å². The van der Waals surface area contributed by atoms with E-state index in [1.165, 1.54) is 32.9 Å². The van der Waals surface area contributed by atoms with Gasteiger partial charge in [0.1, 0.15) is 0 Å². The van der Waals surface area contributed by atoms with Crippen LogP contribution in [-0.2, 0) is 26.6 Å². The monoisotopic (exact) mass is 623 g/mol. The van der Waals surface area contributed by atoms with E-state index in [2.05, 4.69) is 5.32 Å². The Morgan fingerprint density at radius 1 is 0.810 bits per heavy atom. The lowest BCUT2D eigenvalue weighted by Crippen LogP contribution is -2.32. The van der Waals surface area contributed by atoms with E-state index in [1.54, 1.807) is 72.8 Å². The normalized spacial score (nSPS) is 14.0. The number of amides is 1. The number of nitrogens with zero attached hydrogens (tertiary/aromatic N) is 2. The Bertz CT molecular complexity index is 1790. The van der Waals surface area contributed by atoms with E-state index in [4.69, 9.17) is 11.6 Å². The van der Waals surface area contributed by atoms with Crippen LogP contribution in [0.3, 0.4) is 0 Å². The third-order valence-electron chi connectivity index (χ3n) is 7.08. The fraction of sp³-hybridized carbons (Fsp3) is 0.194. The summed E-state index contributed by atoms with van der Waals surface area (Å²) in [5.41, 5.74) is 2.30. The van der Waals surface area contributed by atoms with Gasteiger partial charge in [-0.15, -0.1) is 0 Å². The summed E-state index contributed by atoms with van der Waals surface area (Å²) in [7, 11) is -7.68. The SMILES string of the molecule is Cc1ccc(S(=O)(=O)N(Cc2ccc(Cl)cc2)c2ccccc2C(=O)Nc2ccc(S(=O)(=O)N3CCCC3)cc2)cc1. The second kappa shape index (κ2) is 12.3. The average Bonchev–Trinajstić information content (AvgIpc) is 3.54. The Morgan fingerprint density at radius 3 is 2.05 bits per heavy atom. The van der Waals surface area contributed by atoms with Crippen molar-refractivity contribution in [1.29, 1.82) is 0 Å². The number of nitrogens with one attached hydrogen (secondary N) is 1. The number of rotatable bonds is 9. The average molecular weight is 624 g/mol. The molecular weight excluding hydrogens is 594 g/mol. The summed E-state index contributed by atoms with van der Waals surface area (Å²) in [6.45, 7) is 2.82. The van der Waals surface area contributed by atoms with Gasteiger partial charge in [0.25, 0.3) is 15.9 Å². The van der Waals surface area contributed by atoms with Crippen LogP contribution in [0.1, 0.15) is 34.3 Å². The molecule has 0 unspecified atom stereocenters. The number of carbonyl (C=O) groups is 1. The Balaban J connectivity index is 1.47. The quantitative estimate of drug-likeness (QED) is 0.243. The second-order valence-corrected chi connectivity index (χ2v) is 14.3. The number of benzene rings is 4. The van der Waals surface area contributed by atoms with E-state index in [0.717, 1.165) is 18.4 Å². The van der Waals surface area contributed by atoms with Crippen LogP contribution in [-0.4, -0.2) is 40.1 Å². The van der Waals surface area contributed by atoms with Crippen LogP contribution in [0.25, 0.3) is 0 Å². The molecule has 0 saturated carbocycles. The molecule has 0 aliphatic carbocycles. The van der Waals surface area contributed by atoms with Crippen molar-refractivity contribution >= 4 is 48.9 Å². The lowest BCUT2D eigenvalue weighted by Gasteiger charge is -2.27. The molecule has 11 heteroatoms. The van der Waals surface area contributed by atoms with Crippen molar-refractivity contribution in [3.8, 4) is 0 Å². The smallest absolute Gasteiger partial charge is 0.264 e. The van der Waals surface area contributed by atoms with E-state index in [1.807, 2.05) is 6.92 Å². The maximum Gasteiger partial charge on any atom is 0.264 e. The lowest BCUT2D eigenvalue weighted by molar-refractivity contribution is 0.102. The number of para-hydroxylation sites is 1. The summed E-state index contributed by atoms with van der Waals surface area (Å²) >= 11 is 6.06. The number of halogens is 1. The standard InChI is InChI=1S/C31H30ClN3O5S2/c1-23-8-16-28(17-9-23)42(39,40)35(22-24-10-12-25(32)13-11-24)30-7-3-2-6-29(30)31(36)33-26-14-18-27(19-15-26)41(37,38)34-20-4-5-21-34/h2-3,6-19H,4-5,20-22H2,1H3,(H,33,36). The molecule has 218 valence electrons. The first-order valence-electron chi connectivity index (χ1n) is 13.4.